The number of benzene rings is 2. The number of pyridine rings is 1. The summed E-state index contributed by atoms with van der Waals surface area (Å²) in [4.78, 5) is 16.9. The number of carbonyl (C=O) groups is 1. The summed E-state index contributed by atoms with van der Waals surface area (Å²) in [7, 11) is 0. The van der Waals surface area contributed by atoms with E-state index in [4.69, 9.17) is 0 Å². The third-order valence-corrected chi connectivity index (χ3v) is 4.55. The molecule has 1 N–H and O–H groups in total. The van der Waals surface area contributed by atoms with Crippen molar-refractivity contribution in [3.05, 3.63) is 95.7 Å². The summed E-state index contributed by atoms with van der Waals surface area (Å²) < 4.78 is 14.7. The van der Waals surface area contributed by atoms with E-state index in [1.54, 1.807) is 29.2 Å². The van der Waals surface area contributed by atoms with Gasteiger partial charge < -0.3 is 5.32 Å². The predicted molar refractivity (Wildman–Crippen MR) is 107 cm³/mol. The first-order valence-corrected chi connectivity index (χ1v) is 9.08. The highest BCUT2D eigenvalue weighted by molar-refractivity contribution is 5.98. The van der Waals surface area contributed by atoms with Crippen LogP contribution in [-0.2, 0) is 6.54 Å². The molecule has 2 aromatic carbocycles. The van der Waals surface area contributed by atoms with Crippen LogP contribution in [0.2, 0.25) is 0 Å². The maximum atomic E-state index is 13.1. The molecule has 0 atom stereocenters. The van der Waals surface area contributed by atoms with Crippen LogP contribution >= 0.6 is 0 Å². The second-order valence-electron chi connectivity index (χ2n) is 6.53. The van der Waals surface area contributed by atoms with Crippen molar-refractivity contribution in [1.82, 2.24) is 25.3 Å². The lowest BCUT2D eigenvalue weighted by atomic mass is 10.1. The number of halogens is 1. The Kier molecular flexibility index (Phi) is 5.11. The molecule has 2 heterocycles. The Morgan fingerprint density at radius 1 is 1.03 bits per heavy atom. The van der Waals surface area contributed by atoms with Crippen LogP contribution in [0.15, 0.2) is 73.1 Å². The summed E-state index contributed by atoms with van der Waals surface area (Å²) in [5.74, 6) is -0.679. The maximum Gasteiger partial charge on any atom is 0.274 e. The van der Waals surface area contributed by atoms with Gasteiger partial charge in [0, 0.05) is 24.5 Å². The van der Waals surface area contributed by atoms with Gasteiger partial charge in [-0.2, -0.15) is 0 Å². The van der Waals surface area contributed by atoms with E-state index in [1.165, 1.54) is 12.1 Å². The zero-order valence-corrected chi connectivity index (χ0v) is 15.7. The number of amides is 1. The summed E-state index contributed by atoms with van der Waals surface area (Å²) in [6.07, 6.45) is 3.31. The van der Waals surface area contributed by atoms with Crippen LogP contribution < -0.4 is 5.32 Å². The van der Waals surface area contributed by atoms with Crippen molar-refractivity contribution >= 4 is 5.91 Å². The molecule has 0 bridgehead atoms. The van der Waals surface area contributed by atoms with E-state index >= 15 is 0 Å². The number of rotatable bonds is 5. The molecule has 144 valence electrons. The zero-order valence-electron chi connectivity index (χ0n) is 15.7. The van der Waals surface area contributed by atoms with Gasteiger partial charge in [0.25, 0.3) is 5.91 Å². The topological polar surface area (TPSA) is 72.7 Å². The van der Waals surface area contributed by atoms with Gasteiger partial charge in [-0.3, -0.25) is 9.78 Å². The number of aryl methyl sites for hydroxylation is 1. The molecular weight excluding hydrogens is 369 g/mol. The highest BCUT2D eigenvalue weighted by Gasteiger charge is 2.22. The summed E-state index contributed by atoms with van der Waals surface area (Å²) in [5.41, 5.74) is 4.20. The second kappa shape index (κ2) is 8.02. The monoisotopic (exact) mass is 387 g/mol. The number of para-hydroxylation sites is 1. The first-order valence-electron chi connectivity index (χ1n) is 9.08. The molecule has 0 radical (unpaired) electrons. The van der Waals surface area contributed by atoms with Crippen molar-refractivity contribution < 1.29 is 9.18 Å². The minimum absolute atomic E-state index is 0.210. The number of nitrogens with one attached hydrogen (secondary N) is 1. The van der Waals surface area contributed by atoms with Crippen LogP contribution in [0.25, 0.3) is 16.9 Å². The number of hydrogen-bond donors (Lipinski definition) is 1. The molecule has 0 saturated carbocycles. The Hall–Kier alpha value is -3.87. The predicted octanol–water partition coefficient (Wildman–Crippen LogP) is 3.71. The molecule has 0 spiro atoms. The van der Waals surface area contributed by atoms with Gasteiger partial charge in [0.15, 0.2) is 5.69 Å². The molecule has 7 heteroatoms. The number of carbonyl (C=O) groups excluding carboxylic acids is 1. The average Bonchev–Trinajstić information content (AvgIpc) is 3.19. The number of hydrogen-bond acceptors (Lipinski definition) is 4. The Morgan fingerprint density at radius 2 is 1.76 bits per heavy atom. The van der Waals surface area contributed by atoms with Gasteiger partial charge in [-0.1, -0.05) is 35.5 Å². The molecule has 0 aliphatic rings. The summed E-state index contributed by atoms with van der Waals surface area (Å²) >= 11 is 0. The minimum Gasteiger partial charge on any atom is -0.346 e. The largest absolute Gasteiger partial charge is 0.346 e. The molecule has 0 aliphatic heterocycles. The van der Waals surface area contributed by atoms with Crippen LogP contribution in [-0.4, -0.2) is 25.9 Å². The highest BCUT2D eigenvalue weighted by Crippen LogP contribution is 2.26. The lowest BCUT2D eigenvalue weighted by Gasteiger charge is -2.10. The van der Waals surface area contributed by atoms with Gasteiger partial charge in [-0.15, -0.1) is 5.10 Å². The molecule has 0 fully saturated rings. The quantitative estimate of drug-likeness (QED) is 0.567. The van der Waals surface area contributed by atoms with Crippen molar-refractivity contribution in [3.63, 3.8) is 0 Å². The van der Waals surface area contributed by atoms with E-state index in [-0.39, 0.29) is 24.0 Å². The van der Waals surface area contributed by atoms with E-state index in [0.717, 1.165) is 22.4 Å². The molecule has 6 nitrogen and oxygen atoms in total. The molecule has 0 unspecified atom stereocenters. The summed E-state index contributed by atoms with van der Waals surface area (Å²) in [6, 6.07) is 17.3. The fourth-order valence-corrected chi connectivity index (χ4v) is 3.04. The smallest absolute Gasteiger partial charge is 0.274 e. The van der Waals surface area contributed by atoms with E-state index in [1.807, 2.05) is 43.3 Å². The molecular formula is C22H18FN5O. The van der Waals surface area contributed by atoms with E-state index < -0.39 is 0 Å². The van der Waals surface area contributed by atoms with Crippen LogP contribution in [0.4, 0.5) is 4.39 Å². The van der Waals surface area contributed by atoms with Gasteiger partial charge in [0.2, 0.25) is 0 Å². The third-order valence-electron chi connectivity index (χ3n) is 4.55. The molecule has 4 aromatic rings. The second-order valence-corrected chi connectivity index (χ2v) is 6.53. The number of nitrogens with zero attached hydrogens (tertiary/aromatic N) is 4. The van der Waals surface area contributed by atoms with E-state index in [9.17, 15) is 9.18 Å². The van der Waals surface area contributed by atoms with E-state index in [0.29, 0.717) is 5.69 Å². The fourth-order valence-electron chi connectivity index (χ4n) is 3.04. The summed E-state index contributed by atoms with van der Waals surface area (Å²) in [5, 5.41) is 11.2. The van der Waals surface area contributed by atoms with Gasteiger partial charge in [0.05, 0.1) is 5.69 Å². The fraction of sp³-hybridized carbons (Fsp3) is 0.0909. The van der Waals surface area contributed by atoms with Crippen LogP contribution in [0, 0.1) is 12.7 Å². The van der Waals surface area contributed by atoms with Gasteiger partial charge >= 0.3 is 0 Å². The Morgan fingerprint density at radius 3 is 2.48 bits per heavy atom. The van der Waals surface area contributed by atoms with E-state index in [2.05, 4.69) is 20.6 Å². The molecule has 4 rings (SSSR count). The molecule has 0 saturated heterocycles. The van der Waals surface area contributed by atoms with Gasteiger partial charge in [-0.05, 0) is 48.4 Å². The van der Waals surface area contributed by atoms with Crippen LogP contribution in [0.5, 0.6) is 0 Å². The highest BCUT2D eigenvalue weighted by atomic mass is 19.1. The van der Waals surface area contributed by atoms with Crippen LogP contribution in [0.1, 0.15) is 21.6 Å². The van der Waals surface area contributed by atoms with Crippen molar-refractivity contribution in [2.24, 2.45) is 0 Å². The summed E-state index contributed by atoms with van der Waals surface area (Å²) in [6.45, 7) is 2.23. The molecule has 1 amide bonds. The Balaban J connectivity index is 1.70. The lowest BCUT2D eigenvalue weighted by molar-refractivity contribution is 0.0946. The molecule has 0 aliphatic carbocycles. The lowest BCUT2D eigenvalue weighted by Crippen LogP contribution is -2.24. The Bertz CT molecular complexity index is 1140. The Labute approximate surface area is 167 Å². The van der Waals surface area contributed by atoms with Crippen LogP contribution in [0.3, 0.4) is 0 Å². The zero-order chi connectivity index (χ0) is 20.2. The third kappa shape index (κ3) is 3.89. The minimum atomic E-state index is -0.360. The normalized spacial score (nSPS) is 10.7. The van der Waals surface area contributed by atoms with Crippen molar-refractivity contribution in [1.29, 1.82) is 0 Å². The maximum absolute atomic E-state index is 13.1. The van der Waals surface area contributed by atoms with Gasteiger partial charge in [-0.25, -0.2) is 9.07 Å². The first-order chi connectivity index (χ1) is 14.1. The average molecular weight is 387 g/mol. The SMILES string of the molecule is Cc1ccccc1-n1nnc(C(=O)NCc2ccc(F)cc2)c1-c1ccncc1. The van der Waals surface area contributed by atoms with Crippen molar-refractivity contribution in [3.8, 4) is 16.9 Å². The van der Waals surface area contributed by atoms with Gasteiger partial charge in [0.1, 0.15) is 11.5 Å². The molecule has 29 heavy (non-hydrogen) atoms. The molecule has 2 aromatic heterocycles. The first kappa shape index (κ1) is 18.5. The van der Waals surface area contributed by atoms with Crippen molar-refractivity contribution in [2.45, 2.75) is 13.5 Å². The van der Waals surface area contributed by atoms with Crippen molar-refractivity contribution in [2.75, 3.05) is 0 Å². The standard InChI is InChI=1S/C22H18FN5O/c1-15-4-2-3-5-19(15)28-21(17-10-12-24-13-11-17)20(26-27-28)22(29)25-14-16-6-8-18(23)9-7-16/h2-13H,14H2,1H3,(H,25,29). The number of aromatic nitrogens is 4.